The van der Waals surface area contributed by atoms with E-state index in [1.54, 1.807) is 0 Å². The van der Waals surface area contributed by atoms with E-state index in [9.17, 15) is 0 Å². The Morgan fingerprint density at radius 1 is 1.38 bits per heavy atom. The van der Waals surface area contributed by atoms with Gasteiger partial charge in [0.05, 0.1) is 12.8 Å². The molecule has 0 spiro atoms. The Kier molecular flexibility index (Phi) is 6.69. The molecule has 1 aromatic carbocycles. The first-order valence-corrected chi connectivity index (χ1v) is 9.72. The Morgan fingerprint density at radius 3 is 3.08 bits per heavy atom. The van der Waals surface area contributed by atoms with Gasteiger partial charge < -0.3 is 9.84 Å². The molecule has 1 aliphatic heterocycles. The summed E-state index contributed by atoms with van der Waals surface area (Å²) >= 11 is 0. The molecule has 0 amide bonds. The van der Waals surface area contributed by atoms with Gasteiger partial charge in [-0.15, -0.1) is 0 Å². The lowest BCUT2D eigenvalue weighted by molar-refractivity contribution is 0.195. The molecule has 142 valence electrons. The quantitative estimate of drug-likeness (QED) is 0.760. The number of aliphatic hydroxyl groups excluding tert-OH is 1. The highest BCUT2D eigenvalue weighted by Crippen LogP contribution is 2.30. The van der Waals surface area contributed by atoms with E-state index >= 15 is 0 Å². The Balaban J connectivity index is 1.63. The average Bonchev–Trinajstić information content (AvgIpc) is 3.08. The van der Waals surface area contributed by atoms with E-state index < -0.39 is 0 Å². The molecule has 3 rings (SSSR count). The molecule has 1 fully saturated rings. The minimum atomic E-state index is 0.0426. The van der Waals surface area contributed by atoms with Crippen molar-refractivity contribution in [3.63, 3.8) is 0 Å². The number of aromatic amines is 1. The monoisotopic (exact) mass is 357 g/mol. The highest BCUT2D eigenvalue weighted by atomic mass is 16.5. The van der Waals surface area contributed by atoms with E-state index in [-0.39, 0.29) is 6.61 Å². The molecule has 1 saturated heterocycles. The second-order valence-electron chi connectivity index (χ2n) is 7.70. The summed E-state index contributed by atoms with van der Waals surface area (Å²) in [5.74, 6) is 2.01. The van der Waals surface area contributed by atoms with Crippen LogP contribution >= 0.6 is 0 Å². The first kappa shape index (κ1) is 18.9. The van der Waals surface area contributed by atoms with Crippen LogP contribution in [0.2, 0.25) is 0 Å². The van der Waals surface area contributed by atoms with Gasteiger partial charge in [-0.25, -0.2) is 0 Å². The van der Waals surface area contributed by atoms with Crippen LogP contribution < -0.4 is 4.74 Å². The number of rotatable bonds is 8. The Hall–Kier alpha value is -1.85. The summed E-state index contributed by atoms with van der Waals surface area (Å²) in [4.78, 5) is 2.53. The largest absolute Gasteiger partial charge is 0.491 e. The molecule has 1 atom stereocenters. The van der Waals surface area contributed by atoms with Crippen LogP contribution in [0.15, 0.2) is 30.5 Å². The van der Waals surface area contributed by atoms with E-state index in [1.807, 2.05) is 18.3 Å². The van der Waals surface area contributed by atoms with Crippen LogP contribution in [0.25, 0.3) is 0 Å². The van der Waals surface area contributed by atoms with Gasteiger partial charge in [-0.05, 0) is 55.0 Å². The average molecular weight is 357 g/mol. The van der Waals surface area contributed by atoms with E-state index in [2.05, 4.69) is 41.1 Å². The van der Waals surface area contributed by atoms with Crippen molar-refractivity contribution in [1.29, 1.82) is 0 Å². The molecular weight excluding hydrogens is 326 g/mol. The fourth-order valence-electron chi connectivity index (χ4n) is 3.87. The van der Waals surface area contributed by atoms with Crippen LogP contribution in [0, 0.1) is 5.92 Å². The van der Waals surface area contributed by atoms with Crippen molar-refractivity contribution in [3.8, 4) is 5.75 Å². The van der Waals surface area contributed by atoms with Crippen molar-refractivity contribution >= 4 is 0 Å². The minimum Gasteiger partial charge on any atom is -0.491 e. The fourth-order valence-corrected chi connectivity index (χ4v) is 3.87. The van der Waals surface area contributed by atoms with E-state index in [0.717, 1.165) is 31.8 Å². The van der Waals surface area contributed by atoms with Gasteiger partial charge in [-0.1, -0.05) is 26.0 Å². The molecule has 0 unspecified atom stereocenters. The molecule has 0 bridgehead atoms. The summed E-state index contributed by atoms with van der Waals surface area (Å²) in [5, 5.41) is 16.5. The number of benzene rings is 1. The third kappa shape index (κ3) is 5.08. The standard InChI is InChI=1S/C21H31N3O2/c1-16(2)11-19-13-22-23-21(19)18-6-4-8-24(15-18)14-17-5-3-7-20(12-17)26-10-9-25/h3,5,7,12-13,16,18,25H,4,6,8-11,14-15H2,1-2H3,(H,22,23)/t18-/m1/s1. The third-order valence-electron chi connectivity index (χ3n) is 4.96. The van der Waals surface area contributed by atoms with E-state index in [1.165, 1.54) is 29.7 Å². The van der Waals surface area contributed by atoms with E-state index in [0.29, 0.717) is 18.4 Å². The summed E-state index contributed by atoms with van der Waals surface area (Å²) < 4.78 is 5.54. The lowest BCUT2D eigenvalue weighted by atomic mass is 9.90. The zero-order chi connectivity index (χ0) is 18.4. The third-order valence-corrected chi connectivity index (χ3v) is 4.96. The minimum absolute atomic E-state index is 0.0426. The number of aromatic nitrogens is 2. The molecular formula is C21H31N3O2. The molecule has 26 heavy (non-hydrogen) atoms. The first-order chi connectivity index (χ1) is 12.7. The van der Waals surface area contributed by atoms with Crippen molar-refractivity contribution in [2.24, 2.45) is 5.92 Å². The second kappa shape index (κ2) is 9.19. The topological polar surface area (TPSA) is 61.4 Å². The Bertz CT molecular complexity index is 683. The molecule has 0 radical (unpaired) electrons. The van der Waals surface area contributed by atoms with Gasteiger partial charge >= 0.3 is 0 Å². The highest BCUT2D eigenvalue weighted by Gasteiger charge is 2.25. The smallest absolute Gasteiger partial charge is 0.119 e. The van der Waals surface area contributed by atoms with Crippen molar-refractivity contribution in [2.75, 3.05) is 26.3 Å². The van der Waals surface area contributed by atoms with Crippen molar-refractivity contribution in [3.05, 3.63) is 47.3 Å². The summed E-state index contributed by atoms with van der Waals surface area (Å²) in [7, 11) is 0. The normalized spacial score (nSPS) is 18.4. The van der Waals surface area contributed by atoms with Gasteiger partial charge in [-0.3, -0.25) is 10.00 Å². The highest BCUT2D eigenvalue weighted by molar-refractivity contribution is 5.29. The molecule has 2 aromatic rings. The maximum atomic E-state index is 8.91. The zero-order valence-corrected chi connectivity index (χ0v) is 15.9. The number of H-pyrrole nitrogens is 1. The summed E-state index contributed by atoms with van der Waals surface area (Å²) in [6, 6.07) is 8.20. The number of piperidine rings is 1. The first-order valence-electron chi connectivity index (χ1n) is 9.72. The van der Waals surface area contributed by atoms with Crippen LogP contribution in [0.3, 0.4) is 0 Å². The van der Waals surface area contributed by atoms with Crippen LogP contribution in [0.1, 0.15) is 49.4 Å². The number of nitrogens with one attached hydrogen (secondary N) is 1. The summed E-state index contributed by atoms with van der Waals surface area (Å²) in [6.07, 6.45) is 5.54. The maximum Gasteiger partial charge on any atom is 0.119 e. The van der Waals surface area contributed by atoms with Crippen LogP contribution in [-0.2, 0) is 13.0 Å². The predicted molar refractivity (Wildman–Crippen MR) is 103 cm³/mol. The van der Waals surface area contributed by atoms with Crippen LogP contribution in [0.5, 0.6) is 5.75 Å². The summed E-state index contributed by atoms with van der Waals surface area (Å²) in [5.41, 5.74) is 3.97. The SMILES string of the molecule is CC(C)Cc1cn[nH]c1[C@@H]1CCCN(Cc2cccc(OCCO)c2)C1. The lowest BCUT2D eigenvalue weighted by Crippen LogP contribution is -2.34. The lowest BCUT2D eigenvalue weighted by Gasteiger charge is -2.33. The van der Waals surface area contributed by atoms with Gasteiger partial charge in [0.25, 0.3) is 0 Å². The van der Waals surface area contributed by atoms with Crippen LogP contribution in [0.4, 0.5) is 0 Å². The number of hydrogen-bond acceptors (Lipinski definition) is 4. The molecule has 2 heterocycles. The van der Waals surface area contributed by atoms with E-state index in [4.69, 9.17) is 9.84 Å². The Morgan fingerprint density at radius 2 is 2.27 bits per heavy atom. The number of hydrogen-bond donors (Lipinski definition) is 2. The molecule has 5 heteroatoms. The van der Waals surface area contributed by atoms with Crippen LogP contribution in [-0.4, -0.2) is 46.5 Å². The molecule has 1 aliphatic rings. The Labute approximate surface area is 156 Å². The molecule has 0 saturated carbocycles. The van der Waals surface area contributed by atoms with Crippen molar-refractivity contribution in [2.45, 2.75) is 45.6 Å². The number of aliphatic hydroxyl groups is 1. The van der Waals surface area contributed by atoms with Gasteiger partial charge in [0.1, 0.15) is 12.4 Å². The van der Waals surface area contributed by atoms with Gasteiger partial charge in [-0.2, -0.15) is 5.10 Å². The van der Waals surface area contributed by atoms with Crippen molar-refractivity contribution < 1.29 is 9.84 Å². The molecule has 5 nitrogen and oxygen atoms in total. The second-order valence-corrected chi connectivity index (χ2v) is 7.70. The number of likely N-dealkylation sites (tertiary alicyclic amines) is 1. The fraction of sp³-hybridized carbons (Fsp3) is 0.571. The molecule has 2 N–H and O–H groups in total. The predicted octanol–water partition coefficient (Wildman–Crippen LogP) is 3.36. The van der Waals surface area contributed by atoms with Crippen molar-refractivity contribution in [1.82, 2.24) is 15.1 Å². The molecule has 0 aliphatic carbocycles. The maximum absolute atomic E-state index is 8.91. The number of nitrogens with zero attached hydrogens (tertiary/aromatic N) is 2. The van der Waals surface area contributed by atoms with Gasteiger partial charge in [0.2, 0.25) is 0 Å². The van der Waals surface area contributed by atoms with Gasteiger partial charge in [0, 0.05) is 24.7 Å². The summed E-state index contributed by atoms with van der Waals surface area (Å²) in [6.45, 7) is 8.03. The van der Waals surface area contributed by atoms with Gasteiger partial charge in [0.15, 0.2) is 0 Å². The number of ether oxygens (including phenoxy) is 1. The molecule has 1 aromatic heterocycles. The zero-order valence-electron chi connectivity index (χ0n) is 15.9.